The molecule has 1 aromatic carbocycles. The van der Waals surface area contributed by atoms with Crippen LogP contribution < -0.4 is 9.62 Å². The Kier molecular flexibility index (Phi) is 8.30. The summed E-state index contributed by atoms with van der Waals surface area (Å²) in [6.07, 6.45) is 2.70. The van der Waals surface area contributed by atoms with Crippen LogP contribution in [0, 0.1) is 12.3 Å². The van der Waals surface area contributed by atoms with E-state index in [1.165, 1.54) is 10.9 Å². The number of benzene rings is 1. The second-order valence-corrected chi connectivity index (χ2v) is 14.4. The Balaban J connectivity index is 2.01. The zero-order chi connectivity index (χ0) is 27.8. The topological polar surface area (TPSA) is 139 Å². The van der Waals surface area contributed by atoms with Crippen LogP contribution in [0.5, 0.6) is 0 Å². The first-order valence-corrected chi connectivity index (χ1v) is 16.0. The predicted molar refractivity (Wildman–Crippen MR) is 148 cm³/mol. The molecule has 1 aliphatic heterocycles. The average Bonchev–Trinajstić information content (AvgIpc) is 3.32. The van der Waals surface area contributed by atoms with E-state index >= 15 is 0 Å². The Morgan fingerprint density at radius 1 is 1.11 bits per heavy atom. The van der Waals surface area contributed by atoms with Crippen LogP contribution in [0.15, 0.2) is 28.3 Å². The summed E-state index contributed by atoms with van der Waals surface area (Å²) < 4.78 is 51.6. The number of hydrogen-bond donors (Lipinski definition) is 1. The Hall–Kier alpha value is -2.64. The highest BCUT2D eigenvalue weighted by molar-refractivity contribution is 7.90. The van der Waals surface area contributed by atoms with Gasteiger partial charge in [0.2, 0.25) is 15.8 Å². The van der Waals surface area contributed by atoms with Gasteiger partial charge in [0.25, 0.3) is 0 Å². The molecule has 0 radical (unpaired) electrons. The fourth-order valence-electron chi connectivity index (χ4n) is 4.20. The van der Waals surface area contributed by atoms with Crippen LogP contribution in [0.4, 0.5) is 11.4 Å². The van der Waals surface area contributed by atoms with Gasteiger partial charge in [-0.25, -0.2) is 26.6 Å². The van der Waals surface area contributed by atoms with E-state index in [9.17, 15) is 16.8 Å². The third-order valence-electron chi connectivity index (χ3n) is 6.09. The Labute approximate surface area is 220 Å². The van der Waals surface area contributed by atoms with E-state index in [0.29, 0.717) is 49.1 Å². The predicted octanol–water partition coefficient (Wildman–Crippen LogP) is 2.84. The van der Waals surface area contributed by atoms with Gasteiger partial charge in [0.15, 0.2) is 15.7 Å². The number of aromatic nitrogens is 3. The van der Waals surface area contributed by atoms with Crippen molar-refractivity contribution < 1.29 is 16.8 Å². The number of hydrogen-bond acceptors (Lipinski definition) is 9. The van der Waals surface area contributed by atoms with Gasteiger partial charge < -0.3 is 4.90 Å². The fraction of sp³-hybridized carbons (Fsp3) is 0.583. The van der Waals surface area contributed by atoms with Crippen LogP contribution in [-0.2, 0) is 19.9 Å². The molecule has 0 fully saturated rings. The fourth-order valence-corrected chi connectivity index (χ4v) is 5.79. The standard InChI is InChI=1S/C24H37N7O4S2/c1-9-19(36(7,32)33)22-27-28-23-20(21(24(4,5)6)29-31(22)23)26-18-12-11-17(15-16(18)3)30(10-2)14-13-25-37(8,34)35/h11-12,15,19,25H,9-10,13-14H2,1-8H3. The quantitative estimate of drug-likeness (QED) is 0.479. The molecule has 1 unspecified atom stereocenters. The number of fused-ring (bicyclic) bond motifs is 1. The molecule has 0 bridgehead atoms. The van der Waals surface area contributed by atoms with Gasteiger partial charge in [-0.15, -0.1) is 10.2 Å². The summed E-state index contributed by atoms with van der Waals surface area (Å²) >= 11 is 0. The van der Waals surface area contributed by atoms with Gasteiger partial charge in [0.05, 0.1) is 17.7 Å². The number of aliphatic imine (C=N–C) groups is 1. The lowest BCUT2D eigenvalue weighted by Crippen LogP contribution is -2.34. The first-order chi connectivity index (χ1) is 17.1. The van der Waals surface area contributed by atoms with Gasteiger partial charge >= 0.3 is 0 Å². The van der Waals surface area contributed by atoms with E-state index in [-0.39, 0.29) is 5.41 Å². The summed E-state index contributed by atoms with van der Waals surface area (Å²) in [6, 6.07) is 5.88. The van der Waals surface area contributed by atoms with E-state index in [2.05, 4.69) is 19.8 Å². The second kappa shape index (κ2) is 10.6. The van der Waals surface area contributed by atoms with Crippen molar-refractivity contribution in [3.63, 3.8) is 0 Å². The molecule has 0 amide bonds. The van der Waals surface area contributed by atoms with Crippen molar-refractivity contribution in [2.75, 3.05) is 37.0 Å². The van der Waals surface area contributed by atoms with Crippen LogP contribution in [0.2, 0.25) is 0 Å². The number of sulfone groups is 1. The van der Waals surface area contributed by atoms with Gasteiger partial charge in [-0.1, -0.05) is 27.7 Å². The lowest BCUT2D eigenvalue weighted by molar-refractivity contribution is 0.572. The minimum absolute atomic E-state index is 0.292. The molecule has 0 spiro atoms. The largest absolute Gasteiger partial charge is 0.370 e. The van der Waals surface area contributed by atoms with Crippen LogP contribution >= 0.6 is 0 Å². The molecule has 37 heavy (non-hydrogen) atoms. The number of aryl methyl sites for hydroxylation is 1. The molecule has 2 heterocycles. The number of nitrogens with one attached hydrogen (secondary N) is 1. The molecule has 0 saturated heterocycles. The van der Waals surface area contributed by atoms with E-state index < -0.39 is 25.1 Å². The van der Waals surface area contributed by atoms with Gasteiger partial charge in [0, 0.05) is 37.0 Å². The SMILES string of the molecule is CCC(c1nnc2n1N=C(C(C)(C)C)C2=Nc1ccc(N(CC)CCNS(C)(=O)=O)cc1C)S(C)(=O)=O. The van der Waals surface area contributed by atoms with E-state index in [1.807, 2.05) is 52.8 Å². The summed E-state index contributed by atoms with van der Waals surface area (Å²) in [6.45, 7) is 13.4. The first kappa shape index (κ1) is 28.9. The monoisotopic (exact) mass is 551 g/mol. The number of likely N-dealkylation sites (N-methyl/N-ethyl adjacent to an activating group) is 1. The van der Waals surface area contributed by atoms with Gasteiger partial charge in [-0.3, -0.25) is 0 Å². The molecule has 11 nitrogen and oxygen atoms in total. The Morgan fingerprint density at radius 2 is 1.78 bits per heavy atom. The van der Waals surface area contributed by atoms with Crippen LogP contribution in [0.1, 0.15) is 63.5 Å². The summed E-state index contributed by atoms with van der Waals surface area (Å²) in [7, 11) is -6.65. The number of anilines is 1. The van der Waals surface area contributed by atoms with Crippen molar-refractivity contribution in [3.8, 4) is 0 Å². The highest BCUT2D eigenvalue weighted by Gasteiger charge is 2.38. The van der Waals surface area contributed by atoms with Crippen LogP contribution in [0.3, 0.4) is 0 Å². The summed E-state index contributed by atoms with van der Waals surface area (Å²) in [5.41, 5.74) is 3.51. The van der Waals surface area contributed by atoms with Crippen molar-refractivity contribution in [1.29, 1.82) is 0 Å². The highest BCUT2D eigenvalue weighted by atomic mass is 32.2. The van der Waals surface area contributed by atoms with Crippen molar-refractivity contribution in [2.45, 2.75) is 53.2 Å². The van der Waals surface area contributed by atoms with E-state index in [0.717, 1.165) is 23.2 Å². The summed E-state index contributed by atoms with van der Waals surface area (Å²) in [5, 5.41) is 12.4. The first-order valence-electron chi connectivity index (χ1n) is 12.2. The van der Waals surface area contributed by atoms with Crippen LogP contribution in [-0.4, -0.2) is 75.3 Å². The minimum Gasteiger partial charge on any atom is -0.370 e. The minimum atomic E-state index is -3.40. The Morgan fingerprint density at radius 3 is 2.30 bits per heavy atom. The van der Waals surface area contributed by atoms with Gasteiger partial charge in [-0.2, -0.15) is 9.78 Å². The van der Waals surface area contributed by atoms with Gasteiger partial charge in [0.1, 0.15) is 11.0 Å². The molecule has 1 atom stereocenters. The summed E-state index contributed by atoms with van der Waals surface area (Å²) in [4.78, 5) is 7.01. The molecule has 1 aliphatic rings. The average molecular weight is 552 g/mol. The maximum absolute atomic E-state index is 12.4. The van der Waals surface area contributed by atoms with Crippen molar-refractivity contribution >= 4 is 42.7 Å². The molecular weight excluding hydrogens is 514 g/mol. The smallest absolute Gasteiger partial charge is 0.208 e. The maximum atomic E-state index is 12.4. The molecule has 204 valence electrons. The zero-order valence-corrected chi connectivity index (χ0v) is 24.4. The maximum Gasteiger partial charge on any atom is 0.208 e. The summed E-state index contributed by atoms with van der Waals surface area (Å²) in [5.74, 6) is 0.716. The Bertz CT molecular complexity index is 1440. The van der Waals surface area contributed by atoms with Crippen molar-refractivity contribution in [1.82, 2.24) is 19.6 Å². The molecule has 2 aromatic rings. The third kappa shape index (κ3) is 6.63. The van der Waals surface area contributed by atoms with E-state index in [4.69, 9.17) is 10.1 Å². The molecule has 13 heteroatoms. The number of sulfonamides is 1. The molecule has 0 saturated carbocycles. The lowest BCUT2D eigenvalue weighted by Gasteiger charge is -2.24. The molecule has 3 rings (SSSR count). The molecular formula is C24H37N7O4S2. The zero-order valence-electron chi connectivity index (χ0n) is 22.8. The third-order valence-corrected chi connectivity index (χ3v) is 8.40. The normalized spacial score (nSPS) is 16.1. The highest BCUT2D eigenvalue weighted by Crippen LogP contribution is 2.32. The van der Waals surface area contributed by atoms with E-state index in [1.54, 1.807) is 6.92 Å². The lowest BCUT2D eigenvalue weighted by atomic mass is 9.87. The van der Waals surface area contributed by atoms with Gasteiger partial charge in [-0.05, 0) is 44.0 Å². The van der Waals surface area contributed by atoms with Crippen molar-refractivity contribution in [3.05, 3.63) is 35.4 Å². The molecule has 1 aromatic heterocycles. The van der Waals surface area contributed by atoms with Crippen LogP contribution in [0.25, 0.3) is 0 Å². The second-order valence-electron chi connectivity index (χ2n) is 10.3. The molecule has 0 aliphatic carbocycles. The van der Waals surface area contributed by atoms with Crippen molar-refractivity contribution in [2.24, 2.45) is 15.5 Å². The number of rotatable bonds is 10. The number of nitrogens with zero attached hydrogens (tertiary/aromatic N) is 6. The molecule has 1 N–H and O–H groups in total.